The number of primary amides is 1. The van der Waals surface area contributed by atoms with Gasteiger partial charge in [-0.1, -0.05) is 52.3 Å². The predicted molar refractivity (Wildman–Crippen MR) is 146 cm³/mol. The maximum absolute atomic E-state index is 13.3. The maximum atomic E-state index is 13.3. The lowest BCUT2D eigenvalue weighted by Crippen LogP contribution is -2.60. The molecular weight excluding hydrogens is 504 g/mol. The molecule has 1 heterocycles. The number of nitrogens with two attached hydrogens (primary N) is 2. The highest BCUT2D eigenvalue weighted by Crippen LogP contribution is 2.19. The van der Waals surface area contributed by atoms with Gasteiger partial charge < -0.3 is 37.5 Å². The Morgan fingerprint density at radius 2 is 1.56 bits per heavy atom. The first-order chi connectivity index (χ1) is 18.3. The molecule has 0 aliphatic rings. The van der Waals surface area contributed by atoms with Crippen molar-refractivity contribution >= 4 is 40.5 Å². The van der Waals surface area contributed by atoms with E-state index in [1.165, 1.54) is 0 Å². The van der Waals surface area contributed by atoms with Crippen LogP contribution in [0.15, 0.2) is 30.5 Å². The Morgan fingerprint density at radius 1 is 0.949 bits per heavy atom. The molecule has 214 valence electrons. The second-order valence-corrected chi connectivity index (χ2v) is 10.2. The van der Waals surface area contributed by atoms with Gasteiger partial charge in [-0.15, -0.1) is 0 Å². The number of aromatic amines is 1. The molecule has 0 fully saturated rings. The van der Waals surface area contributed by atoms with Crippen molar-refractivity contribution in [3.8, 4) is 0 Å². The zero-order chi connectivity index (χ0) is 29.3. The fraction of sp³-hybridized carbons (Fsp3) is 0.519. The van der Waals surface area contributed by atoms with Crippen LogP contribution in [-0.4, -0.2) is 63.9 Å². The topological polar surface area (TPSA) is 209 Å². The predicted octanol–water partition coefficient (Wildman–Crippen LogP) is 0.544. The van der Waals surface area contributed by atoms with Crippen LogP contribution in [0.3, 0.4) is 0 Å². The molecule has 0 spiro atoms. The van der Waals surface area contributed by atoms with Crippen LogP contribution < -0.4 is 27.4 Å². The Labute approximate surface area is 227 Å². The minimum atomic E-state index is -1.23. The molecule has 1 aromatic carbocycles. The van der Waals surface area contributed by atoms with Gasteiger partial charge in [-0.2, -0.15) is 0 Å². The van der Waals surface area contributed by atoms with Crippen molar-refractivity contribution in [2.75, 3.05) is 0 Å². The lowest BCUT2D eigenvalue weighted by atomic mass is 9.95. The third kappa shape index (κ3) is 8.81. The molecule has 39 heavy (non-hydrogen) atoms. The highest BCUT2D eigenvalue weighted by Gasteiger charge is 2.34. The van der Waals surface area contributed by atoms with Gasteiger partial charge in [0.2, 0.25) is 23.6 Å². The number of carbonyl (C=O) groups is 5. The summed E-state index contributed by atoms with van der Waals surface area (Å²) in [5.41, 5.74) is 12.5. The van der Waals surface area contributed by atoms with E-state index in [1.54, 1.807) is 27.0 Å². The fourth-order valence-electron chi connectivity index (χ4n) is 4.15. The summed E-state index contributed by atoms with van der Waals surface area (Å²) in [6, 6.07) is 3.11. The van der Waals surface area contributed by atoms with E-state index in [9.17, 15) is 29.1 Å². The molecule has 0 aliphatic heterocycles. The lowest BCUT2D eigenvalue weighted by molar-refractivity contribution is -0.142. The largest absolute Gasteiger partial charge is 0.480 e. The number of fused-ring (bicyclic) bond motifs is 1. The molecular formula is C27H40N6O6. The van der Waals surface area contributed by atoms with Crippen molar-refractivity contribution in [1.29, 1.82) is 0 Å². The van der Waals surface area contributed by atoms with E-state index in [-0.39, 0.29) is 31.1 Å². The van der Waals surface area contributed by atoms with Crippen LogP contribution in [0.1, 0.15) is 52.5 Å². The number of aliphatic carboxylic acids is 1. The van der Waals surface area contributed by atoms with E-state index in [4.69, 9.17) is 11.5 Å². The van der Waals surface area contributed by atoms with Crippen molar-refractivity contribution in [3.05, 3.63) is 36.0 Å². The quantitative estimate of drug-likeness (QED) is 0.169. The molecule has 2 rings (SSSR count). The maximum Gasteiger partial charge on any atom is 0.326 e. The zero-order valence-corrected chi connectivity index (χ0v) is 22.8. The highest BCUT2D eigenvalue weighted by molar-refractivity contribution is 5.94. The number of carboxylic acid groups (broad SMARTS) is 1. The number of hydrogen-bond donors (Lipinski definition) is 7. The number of nitrogens with one attached hydrogen (secondary N) is 4. The van der Waals surface area contributed by atoms with Crippen molar-refractivity contribution < 1.29 is 29.1 Å². The van der Waals surface area contributed by atoms with Crippen LogP contribution in [0.2, 0.25) is 0 Å². The number of rotatable bonds is 15. The van der Waals surface area contributed by atoms with E-state index in [0.717, 1.165) is 16.5 Å². The Hall–Kier alpha value is -3.93. The molecule has 0 radical (unpaired) electrons. The SMILES string of the molecule is CCC(C)C(NC(=O)C(NC(=O)C(N)CCC(N)=O)C(C)C)C(=O)NC(Cc1c[nH]c2ccccc12)C(=O)O. The molecule has 4 amide bonds. The van der Waals surface area contributed by atoms with Crippen LogP contribution in [0.5, 0.6) is 0 Å². The van der Waals surface area contributed by atoms with E-state index in [1.807, 2.05) is 31.2 Å². The standard InChI is InChI=1S/C27H40N6O6/c1-5-15(4)23(33-25(36)22(14(2)3)32-24(35)18(28)10-11-21(29)34)26(37)31-20(27(38)39)12-16-13-30-19-9-7-6-8-17(16)19/h6-9,13-15,18,20,22-23,30H,5,10-12,28H2,1-4H3,(H2,29,34)(H,31,37)(H,32,35)(H,33,36)(H,38,39). The Balaban J connectivity index is 2.16. The average molecular weight is 545 g/mol. The average Bonchev–Trinajstić information content (AvgIpc) is 3.30. The summed E-state index contributed by atoms with van der Waals surface area (Å²) < 4.78 is 0. The number of carboxylic acids is 1. The first-order valence-electron chi connectivity index (χ1n) is 13.1. The molecule has 0 bridgehead atoms. The normalized spacial score (nSPS) is 15.1. The summed E-state index contributed by atoms with van der Waals surface area (Å²) in [5, 5.41) is 18.6. The molecule has 5 atom stereocenters. The Morgan fingerprint density at radius 3 is 2.15 bits per heavy atom. The molecule has 12 heteroatoms. The van der Waals surface area contributed by atoms with Crippen molar-refractivity contribution in [2.45, 2.75) is 77.5 Å². The molecule has 9 N–H and O–H groups in total. The minimum Gasteiger partial charge on any atom is -0.480 e. The smallest absolute Gasteiger partial charge is 0.326 e. The molecule has 5 unspecified atom stereocenters. The van der Waals surface area contributed by atoms with E-state index >= 15 is 0 Å². The summed E-state index contributed by atoms with van der Waals surface area (Å²) in [6.07, 6.45) is 2.23. The minimum absolute atomic E-state index is 0.0263. The number of H-pyrrole nitrogens is 1. The number of hydrogen-bond acceptors (Lipinski definition) is 6. The molecule has 0 saturated carbocycles. The van der Waals surface area contributed by atoms with Crippen molar-refractivity contribution in [1.82, 2.24) is 20.9 Å². The fourth-order valence-corrected chi connectivity index (χ4v) is 4.15. The van der Waals surface area contributed by atoms with E-state index in [2.05, 4.69) is 20.9 Å². The summed E-state index contributed by atoms with van der Waals surface area (Å²) in [5.74, 6) is -4.37. The molecule has 12 nitrogen and oxygen atoms in total. The number of carbonyl (C=O) groups excluding carboxylic acids is 4. The molecule has 2 aromatic rings. The van der Waals surface area contributed by atoms with Crippen LogP contribution in [0.25, 0.3) is 10.9 Å². The zero-order valence-electron chi connectivity index (χ0n) is 22.8. The number of amides is 4. The van der Waals surface area contributed by atoms with Crippen LogP contribution in [0.4, 0.5) is 0 Å². The molecule has 0 aliphatic carbocycles. The number of para-hydroxylation sites is 1. The van der Waals surface area contributed by atoms with E-state index < -0.39 is 53.8 Å². The number of aromatic nitrogens is 1. The van der Waals surface area contributed by atoms with Gasteiger partial charge in [0.05, 0.1) is 6.04 Å². The van der Waals surface area contributed by atoms with Crippen LogP contribution in [0, 0.1) is 11.8 Å². The Kier molecular flexibility index (Phi) is 11.5. The van der Waals surface area contributed by atoms with Crippen LogP contribution >= 0.6 is 0 Å². The first kappa shape index (κ1) is 31.3. The van der Waals surface area contributed by atoms with E-state index in [0.29, 0.717) is 6.42 Å². The monoisotopic (exact) mass is 544 g/mol. The van der Waals surface area contributed by atoms with Crippen molar-refractivity contribution in [3.63, 3.8) is 0 Å². The third-order valence-electron chi connectivity index (χ3n) is 6.79. The summed E-state index contributed by atoms with van der Waals surface area (Å²) >= 11 is 0. The summed E-state index contributed by atoms with van der Waals surface area (Å²) in [6.45, 7) is 7.05. The highest BCUT2D eigenvalue weighted by atomic mass is 16.4. The number of benzene rings is 1. The van der Waals surface area contributed by atoms with Crippen molar-refractivity contribution in [2.24, 2.45) is 23.3 Å². The van der Waals surface area contributed by atoms with Gasteiger partial charge in [-0.25, -0.2) is 4.79 Å². The third-order valence-corrected chi connectivity index (χ3v) is 6.79. The van der Waals surface area contributed by atoms with Crippen LogP contribution in [-0.2, 0) is 30.4 Å². The van der Waals surface area contributed by atoms with Gasteiger partial charge in [-0.05, 0) is 29.9 Å². The summed E-state index contributed by atoms with van der Waals surface area (Å²) in [7, 11) is 0. The first-order valence-corrected chi connectivity index (χ1v) is 13.1. The van der Waals surface area contributed by atoms with Gasteiger partial charge in [0.15, 0.2) is 0 Å². The molecule has 1 aromatic heterocycles. The van der Waals surface area contributed by atoms with Gasteiger partial charge in [0, 0.05) is 29.9 Å². The van der Waals surface area contributed by atoms with Gasteiger partial charge in [0.1, 0.15) is 18.1 Å². The second kappa shape index (κ2) is 14.3. The van der Waals surface area contributed by atoms with Gasteiger partial charge in [-0.3, -0.25) is 19.2 Å². The summed E-state index contributed by atoms with van der Waals surface area (Å²) in [4.78, 5) is 65.2. The lowest BCUT2D eigenvalue weighted by Gasteiger charge is -2.29. The molecule has 0 saturated heterocycles. The Bertz CT molecular complexity index is 1180. The van der Waals surface area contributed by atoms with Gasteiger partial charge >= 0.3 is 5.97 Å². The van der Waals surface area contributed by atoms with Gasteiger partial charge in [0.25, 0.3) is 0 Å². The second-order valence-electron chi connectivity index (χ2n) is 10.2.